The number of benzene rings is 3. The Morgan fingerprint density at radius 3 is 2.24 bits per heavy atom. The normalized spacial score (nSPS) is 19.7. The molecule has 63 heavy (non-hydrogen) atoms. The van der Waals surface area contributed by atoms with Gasteiger partial charge in [0.25, 0.3) is 11.8 Å². The molecule has 3 N–H and O–H groups in total. The summed E-state index contributed by atoms with van der Waals surface area (Å²) in [5.74, 6) is -2.41. The van der Waals surface area contributed by atoms with Crippen molar-refractivity contribution in [3.05, 3.63) is 102 Å². The Hall–Kier alpha value is -6.13. The van der Waals surface area contributed by atoms with Crippen LogP contribution in [0, 0.1) is 5.92 Å². The van der Waals surface area contributed by atoms with Crippen molar-refractivity contribution in [3.63, 3.8) is 0 Å². The van der Waals surface area contributed by atoms with Gasteiger partial charge in [-0.1, -0.05) is 79.2 Å². The van der Waals surface area contributed by atoms with Gasteiger partial charge in [-0.3, -0.25) is 19.2 Å². The monoisotopic (exact) mass is 864 g/mol. The van der Waals surface area contributed by atoms with Gasteiger partial charge in [-0.15, -0.1) is 0 Å². The summed E-state index contributed by atoms with van der Waals surface area (Å²) in [6.07, 6.45) is 0.595. The molecular weight excluding hydrogens is 809 g/mol. The van der Waals surface area contributed by atoms with Crippen LogP contribution in [-0.2, 0) is 41.6 Å². The Balaban J connectivity index is 1.09. The number of likely N-dealkylation sites (tertiary alicyclic amines) is 1. The molecule has 4 amide bonds. The first-order valence-electron chi connectivity index (χ1n) is 22.0. The molecule has 0 radical (unpaired) electrons. The first kappa shape index (κ1) is 44.9. The standard InChI is InChI=1S/C47H56N6O10/c48-22-10-9-16-34(42(55)43-49-36-17-7-8-18-40(36)63-43)28-39(54)38-29-35(62-47(59)52-25-23-51(24-26-52)45(57)41-19-11-27-60-41)30-53(38)44(56)37(21-20-32-12-3-1-4-13-32)50-46(58)61-31-33-14-5-2-6-15-33/h1-8,12-15,17-18,34-35,37-38,41H,9-11,16,19-31,48H2,(H,50,58)/t34-,35-,37-,38+,41?/m1/s1. The highest BCUT2D eigenvalue weighted by molar-refractivity contribution is 6.00. The predicted octanol–water partition coefficient (Wildman–Crippen LogP) is 5.07. The Morgan fingerprint density at radius 1 is 0.841 bits per heavy atom. The predicted molar refractivity (Wildman–Crippen MR) is 230 cm³/mol. The maximum Gasteiger partial charge on any atom is 0.410 e. The molecule has 16 nitrogen and oxygen atoms in total. The number of ether oxygens (including phenoxy) is 3. The Bertz CT molecular complexity index is 2150. The number of rotatable bonds is 18. The summed E-state index contributed by atoms with van der Waals surface area (Å²) in [5.41, 5.74) is 8.45. The third kappa shape index (κ3) is 11.9. The van der Waals surface area contributed by atoms with E-state index in [1.54, 1.807) is 29.2 Å². The maximum atomic E-state index is 14.8. The minimum absolute atomic E-state index is 0.0223. The van der Waals surface area contributed by atoms with Gasteiger partial charge in [-0.2, -0.15) is 0 Å². The van der Waals surface area contributed by atoms with Crippen LogP contribution >= 0.6 is 0 Å². The van der Waals surface area contributed by atoms with E-state index in [1.807, 2.05) is 60.7 Å². The lowest BCUT2D eigenvalue weighted by Crippen LogP contribution is -2.53. The van der Waals surface area contributed by atoms with Gasteiger partial charge in [0.1, 0.15) is 30.4 Å². The van der Waals surface area contributed by atoms with Gasteiger partial charge in [-0.05, 0) is 68.3 Å². The van der Waals surface area contributed by atoms with Crippen LogP contribution in [0.15, 0.2) is 89.3 Å². The van der Waals surface area contributed by atoms with Gasteiger partial charge in [0.2, 0.25) is 11.7 Å². The van der Waals surface area contributed by atoms with Crippen LogP contribution in [0.2, 0.25) is 0 Å². The van der Waals surface area contributed by atoms with E-state index in [4.69, 9.17) is 24.4 Å². The highest BCUT2D eigenvalue weighted by Gasteiger charge is 2.45. The molecule has 5 atom stereocenters. The number of nitrogens with zero attached hydrogens (tertiary/aromatic N) is 4. The van der Waals surface area contributed by atoms with E-state index in [1.165, 1.54) is 9.80 Å². The van der Waals surface area contributed by atoms with E-state index >= 15 is 0 Å². The summed E-state index contributed by atoms with van der Waals surface area (Å²) in [5, 5.41) is 2.75. The highest BCUT2D eigenvalue weighted by Crippen LogP contribution is 2.29. The number of oxazole rings is 1. The SMILES string of the molecule is NCCCC[C@H](CC(=O)[C@@H]1C[C@@H](OC(=O)N2CCN(C(=O)C3CCCO3)CC2)CN1C(=O)[C@@H](CCc1ccccc1)NC(=O)OCc1ccccc1)C(=O)c1nc2ccccc2o1. The van der Waals surface area contributed by atoms with Crippen LogP contribution < -0.4 is 11.1 Å². The smallest absolute Gasteiger partial charge is 0.410 e. The number of unbranched alkanes of at least 4 members (excludes halogenated alkanes) is 1. The molecule has 3 aromatic carbocycles. The molecule has 0 spiro atoms. The fourth-order valence-corrected chi connectivity index (χ4v) is 8.45. The van der Waals surface area contributed by atoms with E-state index in [0.717, 1.165) is 17.5 Å². The lowest BCUT2D eigenvalue weighted by Gasteiger charge is -2.35. The molecule has 3 fully saturated rings. The van der Waals surface area contributed by atoms with Crippen molar-refractivity contribution in [2.45, 2.75) is 88.7 Å². The zero-order chi connectivity index (χ0) is 44.1. The molecule has 7 rings (SSSR count). The molecule has 4 aromatic rings. The average molecular weight is 865 g/mol. The molecule has 3 saturated heterocycles. The number of carbonyl (C=O) groups excluding carboxylic acids is 6. The molecule has 16 heteroatoms. The van der Waals surface area contributed by atoms with Gasteiger partial charge in [-0.25, -0.2) is 14.6 Å². The number of Topliss-reactive ketones (excluding diaryl/α,β-unsaturated/α-hetero) is 2. The fourth-order valence-electron chi connectivity index (χ4n) is 8.45. The molecular formula is C47H56N6O10. The lowest BCUT2D eigenvalue weighted by atomic mass is 9.89. The van der Waals surface area contributed by atoms with Crippen molar-refractivity contribution in [3.8, 4) is 0 Å². The minimum Gasteiger partial charge on any atom is -0.445 e. The molecule has 0 aliphatic carbocycles. The second kappa shape index (κ2) is 21.8. The number of hydrogen-bond donors (Lipinski definition) is 2. The number of piperazine rings is 1. The zero-order valence-corrected chi connectivity index (χ0v) is 35.4. The van der Waals surface area contributed by atoms with E-state index in [0.29, 0.717) is 69.4 Å². The Labute approximate surface area is 366 Å². The number of nitrogens with two attached hydrogens (primary N) is 1. The van der Waals surface area contributed by atoms with Crippen LogP contribution in [-0.4, -0.2) is 125 Å². The average Bonchev–Trinajstić information content (AvgIpc) is 4.11. The van der Waals surface area contributed by atoms with Crippen LogP contribution in [0.3, 0.4) is 0 Å². The van der Waals surface area contributed by atoms with E-state index in [2.05, 4.69) is 10.3 Å². The number of aromatic nitrogens is 1. The van der Waals surface area contributed by atoms with Crippen molar-refractivity contribution in [2.75, 3.05) is 45.9 Å². The van der Waals surface area contributed by atoms with Gasteiger partial charge in [0, 0.05) is 51.5 Å². The van der Waals surface area contributed by atoms with Crippen molar-refractivity contribution in [1.29, 1.82) is 0 Å². The largest absolute Gasteiger partial charge is 0.445 e. The third-order valence-electron chi connectivity index (χ3n) is 11.9. The molecule has 1 unspecified atom stereocenters. The summed E-state index contributed by atoms with van der Waals surface area (Å²) >= 11 is 0. The number of fused-ring (bicyclic) bond motifs is 1. The number of ketones is 2. The van der Waals surface area contributed by atoms with E-state index in [-0.39, 0.29) is 57.3 Å². The maximum absolute atomic E-state index is 14.8. The summed E-state index contributed by atoms with van der Waals surface area (Å²) in [6, 6.07) is 23.4. The second-order valence-corrected chi connectivity index (χ2v) is 16.3. The molecule has 334 valence electrons. The number of alkyl carbamates (subject to hydrolysis) is 1. The van der Waals surface area contributed by atoms with Gasteiger partial charge >= 0.3 is 12.2 Å². The molecule has 3 aliphatic heterocycles. The quantitative estimate of drug-likeness (QED) is 0.0995. The van der Waals surface area contributed by atoms with E-state index < -0.39 is 59.9 Å². The third-order valence-corrected chi connectivity index (χ3v) is 11.9. The molecule has 0 saturated carbocycles. The number of carbonyl (C=O) groups is 6. The Morgan fingerprint density at radius 2 is 1.54 bits per heavy atom. The van der Waals surface area contributed by atoms with Gasteiger partial charge < -0.3 is 44.4 Å². The van der Waals surface area contributed by atoms with E-state index in [9.17, 15) is 28.8 Å². The van der Waals surface area contributed by atoms with Crippen LogP contribution in [0.4, 0.5) is 9.59 Å². The molecule has 3 aliphatic rings. The van der Waals surface area contributed by atoms with Crippen LogP contribution in [0.5, 0.6) is 0 Å². The fraction of sp³-hybridized carbons (Fsp3) is 0.468. The summed E-state index contributed by atoms with van der Waals surface area (Å²) in [7, 11) is 0. The summed E-state index contributed by atoms with van der Waals surface area (Å²) < 4.78 is 22.9. The second-order valence-electron chi connectivity index (χ2n) is 16.3. The van der Waals surface area contributed by atoms with Gasteiger partial charge in [0.15, 0.2) is 11.4 Å². The topological polar surface area (TPSA) is 204 Å². The Kier molecular flexibility index (Phi) is 15.5. The molecule has 1 aromatic heterocycles. The molecule has 4 heterocycles. The number of nitrogens with one attached hydrogen (secondary N) is 1. The number of para-hydroxylation sites is 2. The minimum atomic E-state index is -1.12. The first-order valence-corrected chi connectivity index (χ1v) is 22.0. The van der Waals surface area contributed by atoms with Crippen LogP contribution in [0.25, 0.3) is 11.1 Å². The van der Waals surface area contributed by atoms with Crippen molar-refractivity contribution in [2.24, 2.45) is 11.7 Å². The van der Waals surface area contributed by atoms with Gasteiger partial charge in [0.05, 0.1) is 12.6 Å². The van der Waals surface area contributed by atoms with Crippen LogP contribution in [0.1, 0.15) is 73.2 Å². The molecule has 0 bridgehead atoms. The van der Waals surface area contributed by atoms with Crippen molar-refractivity contribution >= 4 is 46.7 Å². The lowest BCUT2D eigenvalue weighted by molar-refractivity contribution is -0.142. The van der Waals surface area contributed by atoms with Crippen molar-refractivity contribution in [1.82, 2.24) is 25.0 Å². The highest BCUT2D eigenvalue weighted by atomic mass is 16.6. The zero-order valence-electron chi connectivity index (χ0n) is 35.4. The first-order chi connectivity index (χ1) is 30.7. The number of hydrogen-bond acceptors (Lipinski definition) is 12. The number of amides is 4. The summed E-state index contributed by atoms with van der Waals surface area (Å²) in [6.45, 7) is 1.93. The summed E-state index contributed by atoms with van der Waals surface area (Å²) in [4.78, 5) is 92.3. The van der Waals surface area contributed by atoms with Crippen molar-refractivity contribution < 1.29 is 47.4 Å². The number of aryl methyl sites for hydroxylation is 1.